The minimum atomic E-state index is -0.625. The van der Waals surface area contributed by atoms with Gasteiger partial charge in [0.1, 0.15) is 17.9 Å². The molecule has 14 heteroatoms. The van der Waals surface area contributed by atoms with E-state index in [0.29, 0.717) is 35.2 Å². The average molecular weight is 845 g/mol. The molecule has 4 amide bonds. The van der Waals surface area contributed by atoms with Gasteiger partial charge in [0.05, 0.1) is 16.9 Å². The van der Waals surface area contributed by atoms with E-state index in [1.165, 1.54) is 0 Å². The predicted octanol–water partition coefficient (Wildman–Crippen LogP) is 5.88. The van der Waals surface area contributed by atoms with E-state index in [9.17, 15) is 19.2 Å². The normalized spacial score (nSPS) is 22.8. The fourth-order valence-corrected chi connectivity index (χ4v) is 9.84. The number of halogens is 1. The highest BCUT2D eigenvalue weighted by molar-refractivity contribution is 6.33. The van der Waals surface area contributed by atoms with E-state index in [1.54, 1.807) is 17.2 Å². The number of likely N-dealkylation sites (tertiary alicyclic amines) is 1. The highest BCUT2D eigenvalue weighted by Gasteiger charge is 2.39. The smallest absolute Gasteiger partial charge is 0.255 e. The molecule has 9 rings (SSSR count). The highest BCUT2D eigenvalue weighted by atomic mass is 35.5. The van der Waals surface area contributed by atoms with E-state index in [1.807, 2.05) is 42.5 Å². The largest absolute Gasteiger partial charge is 0.490 e. The van der Waals surface area contributed by atoms with Gasteiger partial charge in [-0.3, -0.25) is 29.4 Å². The van der Waals surface area contributed by atoms with Crippen molar-refractivity contribution in [1.82, 2.24) is 34.9 Å². The van der Waals surface area contributed by atoms with Crippen LogP contribution in [-0.4, -0.2) is 124 Å². The van der Waals surface area contributed by atoms with Crippen LogP contribution < -0.4 is 15.4 Å². The summed E-state index contributed by atoms with van der Waals surface area (Å²) in [7, 11) is 0. The van der Waals surface area contributed by atoms with Gasteiger partial charge in [-0.1, -0.05) is 66.6 Å². The molecule has 61 heavy (non-hydrogen) atoms. The number of hydrogen-bond donors (Lipinski definition) is 2. The number of imide groups is 1. The van der Waals surface area contributed by atoms with Crippen LogP contribution in [0.3, 0.4) is 0 Å². The molecule has 3 atom stereocenters. The van der Waals surface area contributed by atoms with Crippen LogP contribution in [-0.2, 0) is 20.9 Å². The van der Waals surface area contributed by atoms with E-state index in [0.717, 1.165) is 119 Å². The second kappa shape index (κ2) is 18.3. The molecular weight excluding hydrogens is 792 g/mol. The summed E-state index contributed by atoms with van der Waals surface area (Å²) >= 11 is 6.63. The van der Waals surface area contributed by atoms with Gasteiger partial charge in [0, 0.05) is 88.4 Å². The van der Waals surface area contributed by atoms with Gasteiger partial charge in [0.15, 0.2) is 0 Å². The Labute approximate surface area is 361 Å². The topological polar surface area (TPSA) is 140 Å². The number of carbonyl (C=O) groups excluding carboxylic acids is 4. The maximum atomic E-state index is 13.8. The molecule has 0 radical (unpaired) electrons. The quantitative estimate of drug-likeness (QED) is 0.176. The number of piperazine rings is 1. The van der Waals surface area contributed by atoms with Crippen LogP contribution >= 0.6 is 11.6 Å². The van der Waals surface area contributed by atoms with Crippen molar-refractivity contribution in [2.45, 2.75) is 76.1 Å². The van der Waals surface area contributed by atoms with E-state index in [2.05, 4.69) is 54.6 Å². The lowest BCUT2D eigenvalue weighted by Crippen LogP contribution is -2.52. The van der Waals surface area contributed by atoms with E-state index >= 15 is 0 Å². The first-order valence-corrected chi connectivity index (χ1v) is 22.2. The third-order valence-electron chi connectivity index (χ3n) is 13.1. The maximum absolute atomic E-state index is 13.8. The molecule has 3 aromatic carbocycles. The fraction of sp³-hybridized carbons (Fsp3) is 0.447. The van der Waals surface area contributed by atoms with Gasteiger partial charge in [0.2, 0.25) is 23.7 Å². The van der Waals surface area contributed by atoms with Crippen LogP contribution in [0.15, 0.2) is 79.0 Å². The number of benzene rings is 3. The van der Waals surface area contributed by atoms with E-state index in [4.69, 9.17) is 21.3 Å². The van der Waals surface area contributed by atoms with Crippen molar-refractivity contribution in [2.24, 2.45) is 5.92 Å². The van der Waals surface area contributed by atoms with Gasteiger partial charge < -0.3 is 24.8 Å². The molecule has 13 nitrogen and oxygen atoms in total. The Balaban J connectivity index is 0.698. The first-order valence-electron chi connectivity index (χ1n) is 21.9. The summed E-state index contributed by atoms with van der Waals surface area (Å²) in [6, 6.07) is 23.5. The number of fused-ring (bicyclic) bond motifs is 1. The molecule has 4 fully saturated rings. The molecule has 1 unspecified atom stereocenters. The standard InChI is InChI=1S/C47H53ClN8O5/c48-40-29-49-47(52-43(40)33-9-4-8-32(26-33)31-6-2-1-3-7-31)50-36-11-5-10-34(27-36)45(59)55-24-22-54(23-25-55)21-20-53-18-16-37(17-19-53)61-38-12-13-39-35(28-38)30-56(46(39)60)41-14-15-42(57)51-44(41)58/h1-4,6-9,12-13,26,28-29,34,36-37,41H,5,10-11,14-25,27,30H2,(H,49,50,52)(H,51,57,58)/t34-,36+,41?/m0/s1. The minimum Gasteiger partial charge on any atom is -0.490 e. The van der Waals surface area contributed by atoms with Crippen molar-refractivity contribution >= 4 is 41.2 Å². The number of piperidine rings is 2. The number of carbonyl (C=O) groups is 4. The van der Waals surface area contributed by atoms with Crippen LogP contribution in [0, 0.1) is 5.92 Å². The summed E-state index contributed by atoms with van der Waals surface area (Å²) in [6.45, 7) is 7.49. The second-order valence-electron chi connectivity index (χ2n) is 17.1. The minimum absolute atomic E-state index is 0.0116. The Hall–Kier alpha value is -5.37. The predicted molar refractivity (Wildman–Crippen MR) is 233 cm³/mol. The lowest BCUT2D eigenvalue weighted by atomic mass is 9.84. The molecule has 5 heterocycles. The molecule has 318 valence electrons. The molecule has 4 aromatic rings. The Kier molecular flexibility index (Phi) is 12.3. The number of nitrogens with one attached hydrogen (secondary N) is 2. The molecule has 3 saturated heterocycles. The third kappa shape index (κ3) is 9.44. The van der Waals surface area contributed by atoms with Crippen molar-refractivity contribution in [3.63, 3.8) is 0 Å². The molecule has 0 spiro atoms. The van der Waals surface area contributed by atoms with Crippen molar-refractivity contribution < 1.29 is 23.9 Å². The molecule has 1 aliphatic carbocycles. The number of rotatable bonds is 11. The molecule has 2 N–H and O–H groups in total. The van der Waals surface area contributed by atoms with Crippen molar-refractivity contribution in [1.29, 1.82) is 0 Å². The Morgan fingerprint density at radius 2 is 1.57 bits per heavy atom. The van der Waals surface area contributed by atoms with E-state index in [-0.39, 0.29) is 42.2 Å². The molecule has 4 aliphatic heterocycles. The van der Waals surface area contributed by atoms with Gasteiger partial charge >= 0.3 is 0 Å². The first kappa shape index (κ1) is 41.0. The summed E-state index contributed by atoms with van der Waals surface area (Å²) in [5.74, 6) is 0.667. The Morgan fingerprint density at radius 1 is 0.820 bits per heavy atom. The maximum Gasteiger partial charge on any atom is 0.255 e. The molecule has 5 aliphatic rings. The van der Waals surface area contributed by atoms with Crippen LogP contribution in [0.1, 0.15) is 67.3 Å². The van der Waals surface area contributed by atoms with Gasteiger partial charge in [-0.25, -0.2) is 9.97 Å². The lowest BCUT2D eigenvalue weighted by Gasteiger charge is -2.39. The zero-order chi connectivity index (χ0) is 41.9. The number of nitrogens with zero attached hydrogens (tertiary/aromatic N) is 6. The molecule has 1 aromatic heterocycles. The lowest BCUT2D eigenvalue weighted by molar-refractivity contribution is -0.139. The number of aromatic nitrogens is 2. The van der Waals surface area contributed by atoms with Crippen LogP contribution in [0.2, 0.25) is 5.02 Å². The molecule has 1 saturated carbocycles. The number of amides is 4. The average Bonchev–Trinajstić information content (AvgIpc) is 3.61. The zero-order valence-corrected chi connectivity index (χ0v) is 35.2. The van der Waals surface area contributed by atoms with Gasteiger partial charge in [-0.05, 0) is 79.5 Å². The van der Waals surface area contributed by atoms with Gasteiger partial charge in [0.25, 0.3) is 5.91 Å². The fourth-order valence-electron chi connectivity index (χ4n) is 9.64. The Morgan fingerprint density at radius 3 is 2.36 bits per heavy atom. The van der Waals surface area contributed by atoms with Crippen molar-refractivity contribution in [3.8, 4) is 28.1 Å². The summed E-state index contributed by atoms with van der Waals surface area (Å²) in [5, 5.41) is 6.40. The second-order valence-corrected chi connectivity index (χ2v) is 17.5. The van der Waals surface area contributed by atoms with Crippen LogP contribution in [0.5, 0.6) is 5.75 Å². The Bertz CT molecular complexity index is 2260. The SMILES string of the molecule is O=C1CCC(N2Cc3cc(OC4CCN(CCN5CCN(C(=O)[C@H]6CCC[C@@H](Nc7ncc(Cl)c(-c8cccc(-c9ccccc9)c8)n7)C6)CC5)CC4)ccc3C2=O)C(=O)N1. The van der Waals surface area contributed by atoms with E-state index < -0.39 is 11.9 Å². The number of ether oxygens (including phenoxy) is 1. The molecule has 0 bridgehead atoms. The van der Waals surface area contributed by atoms with Crippen molar-refractivity contribution in [3.05, 3.63) is 95.1 Å². The van der Waals surface area contributed by atoms with Crippen LogP contribution in [0.4, 0.5) is 5.95 Å². The monoisotopic (exact) mass is 844 g/mol. The zero-order valence-electron chi connectivity index (χ0n) is 34.4. The number of anilines is 1. The van der Waals surface area contributed by atoms with Crippen molar-refractivity contribution in [2.75, 3.05) is 57.7 Å². The summed E-state index contributed by atoms with van der Waals surface area (Å²) in [5.41, 5.74) is 5.29. The summed E-state index contributed by atoms with van der Waals surface area (Å²) < 4.78 is 6.39. The summed E-state index contributed by atoms with van der Waals surface area (Å²) in [4.78, 5) is 68.9. The molecular formula is C47H53ClN8O5. The third-order valence-corrected chi connectivity index (χ3v) is 13.4. The van der Waals surface area contributed by atoms with Gasteiger partial charge in [-0.2, -0.15) is 0 Å². The number of hydrogen-bond acceptors (Lipinski definition) is 10. The van der Waals surface area contributed by atoms with Crippen LogP contribution in [0.25, 0.3) is 22.4 Å². The highest BCUT2D eigenvalue weighted by Crippen LogP contribution is 2.34. The summed E-state index contributed by atoms with van der Waals surface area (Å²) in [6.07, 6.45) is 7.81. The first-order chi connectivity index (χ1) is 29.7. The van der Waals surface area contributed by atoms with Gasteiger partial charge in [-0.15, -0.1) is 0 Å².